The van der Waals surface area contributed by atoms with Crippen molar-refractivity contribution >= 4 is 40.9 Å². The molecule has 0 spiro atoms. The molecule has 2 aromatic carbocycles. The molecule has 0 aliphatic carbocycles. The molecule has 0 aromatic heterocycles. The van der Waals surface area contributed by atoms with Gasteiger partial charge in [-0.3, -0.25) is 19.3 Å². The van der Waals surface area contributed by atoms with Gasteiger partial charge < -0.3 is 14.8 Å². The van der Waals surface area contributed by atoms with E-state index in [2.05, 4.69) is 5.32 Å². The monoisotopic (exact) mass is 400 g/mol. The Labute approximate surface area is 167 Å². The zero-order valence-corrected chi connectivity index (χ0v) is 16.3. The third kappa shape index (κ3) is 4.64. The summed E-state index contributed by atoms with van der Waals surface area (Å²) in [6, 6.07) is 14.2. The summed E-state index contributed by atoms with van der Waals surface area (Å²) in [5.74, 6) is -0.345. The molecule has 0 saturated heterocycles. The van der Waals surface area contributed by atoms with Crippen LogP contribution in [0.25, 0.3) is 0 Å². The Morgan fingerprint density at radius 3 is 2.61 bits per heavy atom. The molecule has 3 rings (SSSR count). The number of fused-ring (bicyclic) bond motifs is 1. The van der Waals surface area contributed by atoms with Crippen LogP contribution in [0.15, 0.2) is 53.4 Å². The van der Waals surface area contributed by atoms with E-state index in [0.29, 0.717) is 17.1 Å². The summed E-state index contributed by atoms with van der Waals surface area (Å²) in [4.78, 5) is 39.1. The number of methoxy groups -OCH3 is 1. The highest BCUT2D eigenvalue weighted by Crippen LogP contribution is 2.34. The summed E-state index contributed by atoms with van der Waals surface area (Å²) in [5, 5.41) is 2.67. The largest absolute Gasteiger partial charge is 0.497 e. The van der Waals surface area contributed by atoms with Gasteiger partial charge >= 0.3 is 5.97 Å². The highest BCUT2D eigenvalue weighted by atomic mass is 32.2. The van der Waals surface area contributed by atoms with E-state index in [1.807, 2.05) is 12.1 Å². The molecule has 1 aliphatic rings. The number of para-hydroxylation sites is 1. The lowest BCUT2D eigenvalue weighted by Gasteiger charge is -2.28. The smallest absolute Gasteiger partial charge is 0.326 e. The standard InChI is InChI=1S/C20H20N2O5S/c1-13(20(25)21-14-7-9-15(26-2)10-8-14)27-19(24)11-22-16-5-3-4-6-17(16)28-12-18(22)23/h3-10,13H,11-12H2,1-2H3,(H,21,25)/t13-/m1/s1. The van der Waals surface area contributed by atoms with Crippen LogP contribution >= 0.6 is 11.8 Å². The average molecular weight is 400 g/mol. The second-order valence-electron chi connectivity index (χ2n) is 6.09. The van der Waals surface area contributed by atoms with Crippen molar-refractivity contribution < 1.29 is 23.9 Å². The Bertz CT molecular complexity index is 884. The van der Waals surface area contributed by atoms with Crippen LogP contribution in [0.5, 0.6) is 5.75 Å². The molecule has 1 aliphatic heterocycles. The third-order valence-electron chi connectivity index (χ3n) is 4.13. The molecule has 7 nitrogen and oxygen atoms in total. The molecule has 2 amide bonds. The van der Waals surface area contributed by atoms with Crippen LogP contribution in [0.2, 0.25) is 0 Å². The fourth-order valence-corrected chi connectivity index (χ4v) is 3.60. The van der Waals surface area contributed by atoms with Gasteiger partial charge in [0, 0.05) is 10.6 Å². The molecule has 1 atom stereocenters. The van der Waals surface area contributed by atoms with E-state index in [1.54, 1.807) is 43.5 Å². The Kier molecular flexibility index (Phi) is 6.20. The van der Waals surface area contributed by atoms with Crippen molar-refractivity contribution in [2.24, 2.45) is 0 Å². The van der Waals surface area contributed by atoms with Gasteiger partial charge in [0.2, 0.25) is 5.91 Å². The first-order chi connectivity index (χ1) is 13.5. The van der Waals surface area contributed by atoms with E-state index >= 15 is 0 Å². The average Bonchev–Trinajstić information content (AvgIpc) is 2.70. The molecule has 1 N–H and O–H groups in total. The van der Waals surface area contributed by atoms with Gasteiger partial charge in [-0.2, -0.15) is 0 Å². The first kappa shape index (κ1) is 19.8. The number of anilines is 2. The summed E-state index contributed by atoms with van der Waals surface area (Å²) in [5.41, 5.74) is 1.24. The van der Waals surface area contributed by atoms with Crippen LogP contribution in [-0.4, -0.2) is 43.3 Å². The molecular weight excluding hydrogens is 380 g/mol. The van der Waals surface area contributed by atoms with E-state index in [9.17, 15) is 14.4 Å². The number of nitrogens with one attached hydrogen (secondary N) is 1. The van der Waals surface area contributed by atoms with Gasteiger partial charge in [0.05, 0.1) is 18.6 Å². The predicted molar refractivity (Wildman–Crippen MR) is 107 cm³/mol. The van der Waals surface area contributed by atoms with Crippen LogP contribution in [-0.2, 0) is 19.1 Å². The maximum atomic E-state index is 12.3. The quantitative estimate of drug-likeness (QED) is 0.751. The van der Waals surface area contributed by atoms with Crippen molar-refractivity contribution in [2.45, 2.75) is 17.9 Å². The molecule has 2 aromatic rings. The van der Waals surface area contributed by atoms with E-state index in [0.717, 1.165) is 4.90 Å². The SMILES string of the molecule is COc1ccc(NC(=O)[C@@H](C)OC(=O)CN2C(=O)CSc3ccccc32)cc1. The Balaban J connectivity index is 1.58. The number of nitrogens with zero attached hydrogens (tertiary/aromatic N) is 1. The molecule has 1 heterocycles. The summed E-state index contributed by atoms with van der Waals surface area (Å²) in [6.07, 6.45) is -1.00. The van der Waals surface area contributed by atoms with Crippen LogP contribution in [0.1, 0.15) is 6.92 Å². The number of ether oxygens (including phenoxy) is 2. The number of carbonyl (C=O) groups excluding carboxylic acids is 3. The molecule has 0 unspecified atom stereocenters. The fourth-order valence-electron chi connectivity index (χ4n) is 2.66. The number of carbonyl (C=O) groups is 3. The lowest BCUT2D eigenvalue weighted by molar-refractivity contribution is -0.152. The van der Waals surface area contributed by atoms with Gasteiger partial charge in [-0.1, -0.05) is 12.1 Å². The van der Waals surface area contributed by atoms with E-state index in [1.165, 1.54) is 23.6 Å². The fraction of sp³-hybridized carbons (Fsp3) is 0.250. The first-order valence-corrected chi connectivity index (χ1v) is 9.63. The second-order valence-corrected chi connectivity index (χ2v) is 7.10. The highest BCUT2D eigenvalue weighted by Gasteiger charge is 2.28. The van der Waals surface area contributed by atoms with Gasteiger partial charge in [0.25, 0.3) is 5.91 Å². The number of hydrogen-bond acceptors (Lipinski definition) is 6. The van der Waals surface area contributed by atoms with Crippen molar-refractivity contribution in [2.75, 3.05) is 29.6 Å². The molecule has 28 heavy (non-hydrogen) atoms. The maximum absolute atomic E-state index is 12.3. The molecule has 0 bridgehead atoms. The van der Waals surface area contributed by atoms with Gasteiger partial charge in [-0.15, -0.1) is 11.8 Å². The minimum absolute atomic E-state index is 0.170. The lowest BCUT2D eigenvalue weighted by atomic mass is 10.2. The van der Waals surface area contributed by atoms with Crippen molar-refractivity contribution in [1.29, 1.82) is 0 Å². The van der Waals surface area contributed by atoms with Crippen molar-refractivity contribution in [3.05, 3.63) is 48.5 Å². The van der Waals surface area contributed by atoms with Gasteiger partial charge in [-0.25, -0.2) is 0 Å². The minimum atomic E-state index is -1.00. The van der Waals surface area contributed by atoms with Crippen molar-refractivity contribution in [1.82, 2.24) is 0 Å². The lowest BCUT2D eigenvalue weighted by Crippen LogP contribution is -2.41. The molecule has 0 radical (unpaired) electrons. The zero-order valence-electron chi connectivity index (χ0n) is 15.5. The number of benzene rings is 2. The van der Waals surface area contributed by atoms with Crippen LogP contribution in [0.4, 0.5) is 11.4 Å². The van der Waals surface area contributed by atoms with Crippen molar-refractivity contribution in [3.8, 4) is 5.75 Å². The summed E-state index contributed by atoms with van der Waals surface area (Å²) in [7, 11) is 1.55. The number of thioether (sulfide) groups is 1. The first-order valence-electron chi connectivity index (χ1n) is 8.64. The number of hydrogen-bond donors (Lipinski definition) is 1. The molecular formula is C20H20N2O5S. The maximum Gasteiger partial charge on any atom is 0.326 e. The predicted octanol–water partition coefficient (Wildman–Crippen LogP) is 2.70. The topological polar surface area (TPSA) is 84.9 Å². The molecule has 8 heteroatoms. The normalized spacial score (nSPS) is 14.1. The van der Waals surface area contributed by atoms with E-state index in [4.69, 9.17) is 9.47 Å². The van der Waals surface area contributed by atoms with Crippen LogP contribution in [0.3, 0.4) is 0 Å². The third-order valence-corrected chi connectivity index (χ3v) is 5.18. The van der Waals surface area contributed by atoms with E-state index < -0.39 is 18.0 Å². The van der Waals surface area contributed by atoms with E-state index in [-0.39, 0.29) is 18.2 Å². The Hall–Kier alpha value is -3.00. The molecule has 146 valence electrons. The second kappa shape index (κ2) is 8.79. The Morgan fingerprint density at radius 2 is 1.89 bits per heavy atom. The minimum Gasteiger partial charge on any atom is -0.497 e. The number of amides is 2. The summed E-state index contributed by atoms with van der Waals surface area (Å²) < 4.78 is 10.3. The summed E-state index contributed by atoms with van der Waals surface area (Å²) in [6.45, 7) is 1.25. The summed E-state index contributed by atoms with van der Waals surface area (Å²) >= 11 is 1.43. The van der Waals surface area contributed by atoms with Crippen LogP contribution < -0.4 is 15.0 Å². The number of esters is 1. The zero-order chi connectivity index (χ0) is 20.1. The van der Waals surface area contributed by atoms with Crippen molar-refractivity contribution in [3.63, 3.8) is 0 Å². The van der Waals surface area contributed by atoms with Crippen LogP contribution in [0, 0.1) is 0 Å². The molecule has 0 saturated carbocycles. The highest BCUT2D eigenvalue weighted by molar-refractivity contribution is 8.00. The Morgan fingerprint density at radius 1 is 1.18 bits per heavy atom. The number of rotatable bonds is 6. The van der Waals surface area contributed by atoms with Gasteiger partial charge in [0.15, 0.2) is 6.10 Å². The van der Waals surface area contributed by atoms with Gasteiger partial charge in [0.1, 0.15) is 12.3 Å². The van der Waals surface area contributed by atoms with Gasteiger partial charge in [-0.05, 0) is 43.3 Å². The molecule has 0 fully saturated rings.